The predicted molar refractivity (Wildman–Crippen MR) is 31.4 cm³/mol. The van der Waals surface area contributed by atoms with Gasteiger partial charge in [0.25, 0.3) is 0 Å². The molecule has 1 aromatic heterocycles. The topological polar surface area (TPSA) is 56.2 Å². The highest BCUT2D eigenvalue weighted by atomic mass is 32.1. The molecule has 4 heteroatoms. The maximum Gasteiger partial charge on any atom is 0.205 e. The summed E-state index contributed by atoms with van der Waals surface area (Å²) in [6, 6.07) is 1.32. The first-order chi connectivity index (χ1) is 3.70. The monoisotopic (exact) mass is 131 g/mol. The van der Waals surface area contributed by atoms with Gasteiger partial charge in [-0.2, -0.15) is 0 Å². The molecule has 0 amide bonds. The molecule has 0 aliphatic heterocycles. The highest BCUT2D eigenvalue weighted by Gasteiger charge is 1.98. The number of nitrogens with one attached hydrogen (secondary N) is 1. The molecule has 0 aliphatic carbocycles. The van der Waals surface area contributed by atoms with Crippen molar-refractivity contribution >= 4 is 12.6 Å². The molecule has 3 N–H and O–H groups in total. The molecule has 44 valence electrons. The van der Waals surface area contributed by atoms with Crippen LogP contribution in [0.2, 0.25) is 0 Å². The summed E-state index contributed by atoms with van der Waals surface area (Å²) < 4.78 is 0. The van der Waals surface area contributed by atoms with E-state index in [2.05, 4.69) is 17.6 Å². The summed E-state index contributed by atoms with van der Waals surface area (Å²) in [5.74, 6) is -0.182. The van der Waals surface area contributed by atoms with E-state index in [1.54, 1.807) is 0 Å². The summed E-state index contributed by atoms with van der Waals surface area (Å²) in [6.45, 7) is 0. The lowest BCUT2D eigenvalue weighted by molar-refractivity contribution is 0.421. The lowest BCUT2D eigenvalue weighted by atomic mass is 10.6. The van der Waals surface area contributed by atoms with Crippen LogP contribution in [-0.2, 0) is 0 Å². The van der Waals surface area contributed by atoms with Gasteiger partial charge in [-0.05, 0) is 0 Å². The van der Waals surface area contributed by atoms with Gasteiger partial charge in [-0.3, -0.25) is 4.98 Å². The molecule has 1 aromatic rings. The van der Waals surface area contributed by atoms with Crippen LogP contribution in [0.3, 0.4) is 0 Å². The average molecular weight is 131 g/mol. The van der Waals surface area contributed by atoms with Gasteiger partial charge in [0.05, 0.1) is 4.90 Å². The smallest absolute Gasteiger partial charge is 0.205 e. The number of aromatic hydroxyl groups is 2. The van der Waals surface area contributed by atoms with Crippen LogP contribution < -0.4 is 0 Å². The van der Waals surface area contributed by atoms with Crippen molar-refractivity contribution in [3.8, 4) is 11.8 Å². The Hall–Kier alpha value is -0.770. The Bertz CT molecular complexity index is 176. The second kappa shape index (κ2) is 1.63. The number of H-pyrrole nitrogens is 1. The van der Waals surface area contributed by atoms with Gasteiger partial charge in [0.2, 0.25) is 5.88 Å². The van der Waals surface area contributed by atoms with Crippen molar-refractivity contribution in [1.82, 2.24) is 4.98 Å². The zero-order chi connectivity index (χ0) is 6.15. The van der Waals surface area contributed by atoms with Crippen LogP contribution >= 0.6 is 12.6 Å². The minimum absolute atomic E-state index is 0.0764. The Labute approximate surface area is 51.4 Å². The standard InChI is InChI=1S/C4H5NO2S/c6-3-1-2(8)4(7)5-3/h1,5-8H. The van der Waals surface area contributed by atoms with Crippen LogP contribution in [0, 0.1) is 0 Å². The van der Waals surface area contributed by atoms with Gasteiger partial charge in [0.15, 0.2) is 5.88 Å². The summed E-state index contributed by atoms with van der Waals surface area (Å²) in [6.07, 6.45) is 0. The van der Waals surface area contributed by atoms with Gasteiger partial charge in [-0.25, -0.2) is 0 Å². The fourth-order valence-electron chi connectivity index (χ4n) is 0.419. The van der Waals surface area contributed by atoms with Crippen LogP contribution in [0.4, 0.5) is 0 Å². The molecule has 8 heavy (non-hydrogen) atoms. The van der Waals surface area contributed by atoms with Crippen LogP contribution in [0.15, 0.2) is 11.0 Å². The third-order valence-electron chi connectivity index (χ3n) is 0.763. The minimum atomic E-state index is -0.106. The fraction of sp³-hybridized carbons (Fsp3) is 0. The SMILES string of the molecule is Oc1cc(S)c(O)[nH]1. The van der Waals surface area contributed by atoms with E-state index in [4.69, 9.17) is 10.2 Å². The van der Waals surface area contributed by atoms with E-state index in [0.717, 1.165) is 0 Å². The summed E-state index contributed by atoms with van der Waals surface area (Å²) in [5.41, 5.74) is 0. The largest absolute Gasteiger partial charge is 0.494 e. The first kappa shape index (κ1) is 5.37. The zero-order valence-corrected chi connectivity index (χ0v) is 4.81. The molecule has 0 aliphatic rings. The number of hydrogen-bond acceptors (Lipinski definition) is 3. The minimum Gasteiger partial charge on any atom is -0.494 e. The lowest BCUT2D eigenvalue weighted by Gasteiger charge is -1.80. The van der Waals surface area contributed by atoms with Crippen molar-refractivity contribution in [1.29, 1.82) is 0 Å². The molecular weight excluding hydrogens is 126 g/mol. The molecule has 0 saturated carbocycles. The Kier molecular flexibility index (Phi) is 1.09. The van der Waals surface area contributed by atoms with E-state index in [1.165, 1.54) is 6.07 Å². The van der Waals surface area contributed by atoms with Crippen molar-refractivity contribution < 1.29 is 10.2 Å². The molecule has 0 aromatic carbocycles. The highest BCUT2D eigenvalue weighted by molar-refractivity contribution is 7.80. The number of aromatic amines is 1. The Morgan fingerprint density at radius 3 is 2.25 bits per heavy atom. The van der Waals surface area contributed by atoms with Gasteiger partial charge in [0.1, 0.15) is 0 Å². The molecule has 0 unspecified atom stereocenters. The zero-order valence-electron chi connectivity index (χ0n) is 3.92. The van der Waals surface area contributed by atoms with Gasteiger partial charge in [-0.15, -0.1) is 12.6 Å². The molecular formula is C4H5NO2S. The molecule has 1 rings (SSSR count). The van der Waals surface area contributed by atoms with Crippen molar-refractivity contribution in [2.24, 2.45) is 0 Å². The summed E-state index contributed by atoms with van der Waals surface area (Å²) in [5, 5.41) is 17.2. The van der Waals surface area contributed by atoms with Crippen LogP contribution in [0.1, 0.15) is 0 Å². The number of rotatable bonds is 0. The predicted octanol–water partition coefficient (Wildman–Crippen LogP) is 0.715. The molecule has 0 fully saturated rings. The molecule has 0 radical (unpaired) electrons. The van der Waals surface area contributed by atoms with Gasteiger partial charge >= 0.3 is 0 Å². The third kappa shape index (κ3) is 0.742. The summed E-state index contributed by atoms with van der Waals surface area (Å²) in [7, 11) is 0. The Morgan fingerprint density at radius 1 is 1.50 bits per heavy atom. The summed E-state index contributed by atoms with van der Waals surface area (Å²) >= 11 is 3.78. The van der Waals surface area contributed by atoms with E-state index in [-0.39, 0.29) is 11.8 Å². The maximum atomic E-state index is 8.65. The Balaban J connectivity index is 3.14. The van der Waals surface area contributed by atoms with Crippen molar-refractivity contribution in [2.45, 2.75) is 4.90 Å². The van der Waals surface area contributed by atoms with Gasteiger partial charge < -0.3 is 10.2 Å². The number of aromatic nitrogens is 1. The first-order valence-corrected chi connectivity index (χ1v) is 2.45. The summed E-state index contributed by atoms with van der Waals surface area (Å²) in [4.78, 5) is 2.59. The Morgan fingerprint density at radius 2 is 2.12 bits per heavy atom. The second-order valence-electron chi connectivity index (χ2n) is 1.39. The van der Waals surface area contributed by atoms with Crippen molar-refractivity contribution in [3.05, 3.63) is 6.07 Å². The van der Waals surface area contributed by atoms with E-state index in [9.17, 15) is 0 Å². The van der Waals surface area contributed by atoms with Crippen molar-refractivity contribution in [2.75, 3.05) is 0 Å². The number of hydrogen-bond donors (Lipinski definition) is 4. The molecule has 3 nitrogen and oxygen atoms in total. The highest BCUT2D eigenvalue weighted by Crippen LogP contribution is 2.23. The quantitative estimate of drug-likeness (QED) is 0.392. The van der Waals surface area contributed by atoms with Gasteiger partial charge in [0, 0.05) is 6.07 Å². The van der Waals surface area contributed by atoms with Crippen LogP contribution in [0.5, 0.6) is 11.8 Å². The van der Waals surface area contributed by atoms with Crippen molar-refractivity contribution in [3.63, 3.8) is 0 Å². The van der Waals surface area contributed by atoms with Gasteiger partial charge in [-0.1, -0.05) is 0 Å². The van der Waals surface area contributed by atoms with Crippen LogP contribution in [0.25, 0.3) is 0 Å². The maximum absolute atomic E-state index is 8.65. The average Bonchev–Trinajstić information content (AvgIpc) is 1.85. The van der Waals surface area contributed by atoms with E-state index >= 15 is 0 Å². The first-order valence-electron chi connectivity index (χ1n) is 2.00. The molecule has 0 spiro atoms. The van der Waals surface area contributed by atoms with E-state index < -0.39 is 0 Å². The normalized spacial score (nSPS) is 9.62. The molecule has 1 heterocycles. The molecule has 0 atom stereocenters. The van der Waals surface area contributed by atoms with E-state index in [1.807, 2.05) is 0 Å². The van der Waals surface area contributed by atoms with E-state index in [0.29, 0.717) is 4.90 Å². The number of thiol groups is 1. The fourth-order valence-corrected chi connectivity index (χ4v) is 0.597. The third-order valence-corrected chi connectivity index (χ3v) is 1.10. The molecule has 0 bridgehead atoms. The molecule has 0 saturated heterocycles. The lowest BCUT2D eigenvalue weighted by Crippen LogP contribution is -1.59. The second-order valence-corrected chi connectivity index (χ2v) is 1.87. The van der Waals surface area contributed by atoms with Crippen LogP contribution in [-0.4, -0.2) is 15.2 Å².